The lowest BCUT2D eigenvalue weighted by Gasteiger charge is -2.19. The van der Waals surface area contributed by atoms with Gasteiger partial charge >= 0.3 is 0 Å². The number of hydrogen-bond donors (Lipinski definition) is 3. The van der Waals surface area contributed by atoms with Crippen LogP contribution in [0.25, 0.3) is 10.9 Å². The normalized spacial score (nSPS) is 12.4. The number of aromatic nitrogens is 1. The van der Waals surface area contributed by atoms with E-state index in [2.05, 4.69) is 15.0 Å². The number of benzene rings is 3. The zero-order valence-corrected chi connectivity index (χ0v) is 19.1. The number of carbonyl (C=O) groups is 1. The number of hydrogen-bond acceptors (Lipinski definition) is 4. The number of ether oxygens (including phenoxy) is 1. The Balaban J connectivity index is 1.63. The summed E-state index contributed by atoms with van der Waals surface area (Å²) in [6.07, 6.45) is 1.96. The van der Waals surface area contributed by atoms with E-state index in [0.717, 1.165) is 27.8 Å². The molecule has 170 valence electrons. The Bertz CT molecular complexity index is 1380. The fourth-order valence-electron chi connectivity index (χ4n) is 3.85. The van der Waals surface area contributed by atoms with Gasteiger partial charge in [0.15, 0.2) is 0 Å². The van der Waals surface area contributed by atoms with Crippen LogP contribution in [0.1, 0.15) is 27.4 Å². The van der Waals surface area contributed by atoms with Crippen LogP contribution in [0, 0.1) is 0 Å². The number of sulfonamides is 1. The number of nitrogens with one attached hydrogen (secondary N) is 3. The summed E-state index contributed by atoms with van der Waals surface area (Å²) in [5, 5.41) is 4.05. The van der Waals surface area contributed by atoms with E-state index >= 15 is 0 Å². The number of carbonyl (C=O) groups excluding carboxylic acids is 1. The molecule has 0 fully saturated rings. The van der Waals surface area contributed by atoms with Gasteiger partial charge in [-0.25, -0.2) is 13.1 Å². The van der Waals surface area contributed by atoms with Crippen LogP contribution >= 0.6 is 0 Å². The average Bonchev–Trinajstić information content (AvgIpc) is 3.28. The van der Waals surface area contributed by atoms with Crippen molar-refractivity contribution in [2.45, 2.75) is 10.8 Å². The van der Waals surface area contributed by atoms with Crippen molar-refractivity contribution in [3.05, 3.63) is 95.7 Å². The molecule has 8 heteroatoms. The highest BCUT2D eigenvalue weighted by molar-refractivity contribution is 7.89. The largest absolute Gasteiger partial charge is 0.497 e. The second kappa shape index (κ2) is 9.48. The van der Waals surface area contributed by atoms with Crippen molar-refractivity contribution in [2.75, 3.05) is 20.7 Å². The molecule has 1 aromatic heterocycles. The van der Waals surface area contributed by atoms with Crippen molar-refractivity contribution in [3.63, 3.8) is 0 Å². The van der Waals surface area contributed by atoms with Gasteiger partial charge in [-0.2, -0.15) is 0 Å². The van der Waals surface area contributed by atoms with Gasteiger partial charge in [-0.3, -0.25) is 4.79 Å². The summed E-state index contributed by atoms with van der Waals surface area (Å²) < 4.78 is 31.8. The van der Waals surface area contributed by atoms with Gasteiger partial charge in [0.1, 0.15) is 5.75 Å². The van der Waals surface area contributed by atoms with Gasteiger partial charge in [0.2, 0.25) is 10.0 Å². The maximum absolute atomic E-state index is 12.9. The predicted molar refractivity (Wildman–Crippen MR) is 128 cm³/mol. The highest BCUT2D eigenvalue weighted by Crippen LogP contribution is 2.31. The molecule has 0 aliphatic heterocycles. The second-order valence-electron chi connectivity index (χ2n) is 7.56. The van der Waals surface area contributed by atoms with E-state index in [0.29, 0.717) is 6.54 Å². The SMILES string of the molecule is CNS(=O)(=O)c1cccc(C(=O)NCC(c2ccc(OC)cc2)c2c[nH]c3ccccc23)c1. The first-order valence-electron chi connectivity index (χ1n) is 10.4. The van der Waals surface area contributed by atoms with E-state index < -0.39 is 10.0 Å². The number of rotatable bonds is 8. The molecule has 1 unspecified atom stereocenters. The first-order valence-corrected chi connectivity index (χ1v) is 11.9. The summed E-state index contributed by atoms with van der Waals surface area (Å²) in [6.45, 7) is 0.329. The third-order valence-electron chi connectivity index (χ3n) is 5.66. The van der Waals surface area contributed by atoms with Crippen LogP contribution in [-0.4, -0.2) is 40.0 Å². The molecule has 0 saturated heterocycles. The maximum Gasteiger partial charge on any atom is 0.251 e. The van der Waals surface area contributed by atoms with E-state index in [-0.39, 0.29) is 22.3 Å². The molecule has 3 aromatic carbocycles. The van der Waals surface area contributed by atoms with Gasteiger partial charge in [0, 0.05) is 35.1 Å². The minimum absolute atomic E-state index is 0.0426. The van der Waals surface area contributed by atoms with Gasteiger partial charge in [0.05, 0.1) is 12.0 Å². The van der Waals surface area contributed by atoms with Gasteiger partial charge in [-0.1, -0.05) is 36.4 Å². The summed E-state index contributed by atoms with van der Waals surface area (Å²) >= 11 is 0. The molecule has 33 heavy (non-hydrogen) atoms. The number of aromatic amines is 1. The quantitative estimate of drug-likeness (QED) is 0.371. The molecular formula is C25H25N3O4S. The maximum atomic E-state index is 12.9. The van der Waals surface area contributed by atoms with E-state index in [4.69, 9.17) is 4.74 Å². The molecule has 0 aliphatic rings. The summed E-state index contributed by atoms with van der Waals surface area (Å²) in [7, 11) is -0.685. The topological polar surface area (TPSA) is 100 Å². The van der Waals surface area contributed by atoms with E-state index in [9.17, 15) is 13.2 Å². The van der Waals surface area contributed by atoms with Gasteiger partial charge in [0.25, 0.3) is 5.91 Å². The lowest BCUT2D eigenvalue weighted by atomic mass is 9.90. The fraction of sp³-hybridized carbons (Fsp3) is 0.160. The third-order valence-corrected chi connectivity index (χ3v) is 7.07. The zero-order chi connectivity index (χ0) is 23.4. The average molecular weight is 464 g/mol. The molecule has 0 radical (unpaired) electrons. The van der Waals surface area contributed by atoms with Crippen LogP contribution in [0.15, 0.2) is 83.9 Å². The number of methoxy groups -OCH3 is 1. The number of H-pyrrole nitrogens is 1. The third kappa shape index (κ3) is 4.76. The lowest BCUT2D eigenvalue weighted by Crippen LogP contribution is -2.29. The Labute approximate surface area is 192 Å². The van der Waals surface area contributed by atoms with Gasteiger partial charge in [-0.15, -0.1) is 0 Å². The molecule has 0 aliphatic carbocycles. The molecule has 0 spiro atoms. The van der Waals surface area contributed by atoms with Crippen LogP contribution < -0.4 is 14.8 Å². The molecule has 1 heterocycles. The van der Waals surface area contributed by atoms with Crippen LogP contribution in [0.3, 0.4) is 0 Å². The minimum Gasteiger partial charge on any atom is -0.497 e. The van der Waals surface area contributed by atoms with Crippen molar-refractivity contribution in [1.29, 1.82) is 0 Å². The van der Waals surface area contributed by atoms with Gasteiger partial charge < -0.3 is 15.0 Å². The standard InChI is InChI=1S/C25H25N3O4S/c1-26-33(30,31)20-7-5-6-18(14-20)25(29)28-15-22(17-10-12-19(32-2)13-11-17)23-16-27-24-9-4-3-8-21(23)24/h3-14,16,22,26-27H,15H2,1-2H3,(H,28,29). The monoisotopic (exact) mass is 463 g/mol. The van der Waals surface area contributed by atoms with Crippen molar-refractivity contribution in [1.82, 2.24) is 15.0 Å². The van der Waals surface area contributed by atoms with Crippen LogP contribution in [0.5, 0.6) is 5.75 Å². The second-order valence-corrected chi connectivity index (χ2v) is 9.45. The molecule has 4 aromatic rings. The predicted octanol–water partition coefficient (Wildman–Crippen LogP) is 3.65. The van der Waals surface area contributed by atoms with Crippen molar-refractivity contribution < 1.29 is 17.9 Å². The highest BCUT2D eigenvalue weighted by Gasteiger charge is 2.20. The molecule has 3 N–H and O–H groups in total. The molecule has 0 saturated carbocycles. The Morgan fingerprint density at radius 2 is 1.79 bits per heavy atom. The first-order chi connectivity index (χ1) is 15.9. The minimum atomic E-state index is -3.64. The summed E-state index contributed by atoms with van der Waals surface area (Å²) in [5.74, 6) is 0.282. The molecule has 1 atom stereocenters. The van der Waals surface area contributed by atoms with Crippen LogP contribution in [-0.2, 0) is 10.0 Å². The molecule has 1 amide bonds. The smallest absolute Gasteiger partial charge is 0.251 e. The zero-order valence-electron chi connectivity index (χ0n) is 18.3. The number of fused-ring (bicyclic) bond motifs is 1. The highest BCUT2D eigenvalue weighted by atomic mass is 32.2. The van der Waals surface area contributed by atoms with Crippen LogP contribution in [0.2, 0.25) is 0 Å². The summed E-state index contributed by atoms with van der Waals surface area (Å²) in [4.78, 5) is 16.3. The van der Waals surface area contributed by atoms with Gasteiger partial charge in [-0.05, 0) is 54.6 Å². The van der Waals surface area contributed by atoms with E-state index in [1.165, 1.54) is 19.2 Å². The molecule has 4 rings (SSSR count). The molecule has 0 bridgehead atoms. The summed E-state index contributed by atoms with van der Waals surface area (Å²) in [6, 6.07) is 21.7. The fourth-order valence-corrected chi connectivity index (χ4v) is 4.62. The Hall–Kier alpha value is -3.62. The Morgan fingerprint density at radius 3 is 2.52 bits per heavy atom. The van der Waals surface area contributed by atoms with Crippen molar-refractivity contribution in [2.24, 2.45) is 0 Å². The van der Waals surface area contributed by atoms with Crippen LogP contribution in [0.4, 0.5) is 0 Å². The number of amides is 1. The first kappa shape index (κ1) is 22.6. The lowest BCUT2D eigenvalue weighted by molar-refractivity contribution is 0.0952. The molecule has 7 nitrogen and oxygen atoms in total. The van der Waals surface area contributed by atoms with E-state index in [1.54, 1.807) is 19.2 Å². The Kier molecular flexibility index (Phi) is 6.48. The van der Waals surface area contributed by atoms with Crippen molar-refractivity contribution >= 4 is 26.8 Å². The van der Waals surface area contributed by atoms with Crippen molar-refractivity contribution in [3.8, 4) is 5.75 Å². The number of para-hydroxylation sites is 1. The molecular weight excluding hydrogens is 438 g/mol. The van der Waals surface area contributed by atoms with E-state index in [1.807, 2.05) is 54.7 Å². The summed E-state index contributed by atoms with van der Waals surface area (Å²) in [5.41, 5.74) is 3.37. The Morgan fingerprint density at radius 1 is 1.03 bits per heavy atom.